The topological polar surface area (TPSA) is 55.6 Å². The zero-order chi connectivity index (χ0) is 17.0. The molecule has 2 aromatic heterocycles. The van der Waals surface area contributed by atoms with Crippen LogP contribution in [0.15, 0.2) is 16.7 Å². The molecule has 0 saturated heterocycles. The number of rotatable bonds is 6. The van der Waals surface area contributed by atoms with E-state index in [1.807, 2.05) is 0 Å². The van der Waals surface area contributed by atoms with Gasteiger partial charge in [-0.25, -0.2) is 9.67 Å². The van der Waals surface area contributed by atoms with E-state index in [0.29, 0.717) is 22.7 Å². The lowest BCUT2D eigenvalue weighted by Gasteiger charge is -2.09. The molecule has 2 aromatic rings. The van der Waals surface area contributed by atoms with Crippen LogP contribution in [0.5, 0.6) is 0 Å². The number of hydrogen-bond donors (Lipinski definition) is 1. The fourth-order valence-electron chi connectivity index (χ4n) is 1.99. The van der Waals surface area contributed by atoms with E-state index in [1.54, 1.807) is 6.92 Å². The molecule has 0 radical (unpaired) electrons. The molecule has 0 fully saturated rings. The molecule has 0 spiro atoms. The van der Waals surface area contributed by atoms with Gasteiger partial charge in [-0.2, -0.15) is 23.3 Å². The van der Waals surface area contributed by atoms with Crippen LogP contribution in [-0.2, 0) is 6.18 Å². The van der Waals surface area contributed by atoms with Gasteiger partial charge in [0.25, 0.3) is 0 Å². The zero-order valence-electron chi connectivity index (χ0n) is 12.8. The maximum atomic E-state index is 12.8. The van der Waals surface area contributed by atoms with Gasteiger partial charge in [-0.15, -0.1) is 0 Å². The number of unbranched alkanes of at least 4 members (excludes halogenated alkanes) is 2. The normalized spacial score (nSPS) is 11.7. The van der Waals surface area contributed by atoms with Crippen molar-refractivity contribution in [3.8, 4) is 5.82 Å². The summed E-state index contributed by atoms with van der Waals surface area (Å²) in [6, 6.07) is 0.989. The monoisotopic (exact) mass is 391 g/mol. The van der Waals surface area contributed by atoms with Crippen LogP contribution in [0.2, 0.25) is 0 Å². The molecule has 0 aliphatic rings. The summed E-state index contributed by atoms with van der Waals surface area (Å²) in [7, 11) is 0. The predicted octanol–water partition coefficient (Wildman–Crippen LogP) is 4.35. The SMILES string of the molecule is CCCCCNc1ncc(Br)c(-n2nc(C(F)(F)F)cc2C)n1. The molecule has 0 amide bonds. The molecular formula is C14H17BrF3N5. The van der Waals surface area contributed by atoms with Crippen molar-refractivity contribution < 1.29 is 13.2 Å². The van der Waals surface area contributed by atoms with E-state index in [0.717, 1.165) is 30.0 Å². The van der Waals surface area contributed by atoms with Gasteiger partial charge in [0.2, 0.25) is 5.95 Å². The van der Waals surface area contributed by atoms with E-state index in [9.17, 15) is 13.2 Å². The summed E-state index contributed by atoms with van der Waals surface area (Å²) in [5, 5.41) is 6.67. The highest BCUT2D eigenvalue weighted by Crippen LogP contribution is 2.30. The number of hydrogen-bond acceptors (Lipinski definition) is 4. The molecule has 0 bridgehead atoms. The van der Waals surface area contributed by atoms with E-state index in [-0.39, 0.29) is 5.82 Å². The summed E-state index contributed by atoms with van der Waals surface area (Å²) in [6.45, 7) is 4.36. The Morgan fingerprint density at radius 3 is 2.65 bits per heavy atom. The first-order valence-electron chi connectivity index (χ1n) is 7.23. The highest BCUT2D eigenvalue weighted by Gasteiger charge is 2.34. The van der Waals surface area contributed by atoms with E-state index < -0.39 is 11.9 Å². The van der Waals surface area contributed by atoms with Crippen LogP contribution in [0, 0.1) is 6.92 Å². The average Bonchev–Trinajstić information content (AvgIpc) is 2.87. The highest BCUT2D eigenvalue weighted by atomic mass is 79.9. The Kier molecular flexibility index (Phi) is 5.61. The van der Waals surface area contributed by atoms with Crippen LogP contribution in [-0.4, -0.2) is 26.3 Å². The molecule has 0 aliphatic heterocycles. The quantitative estimate of drug-likeness (QED) is 0.743. The van der Waals surface area contributed by atoms with Crippen LogP contribution < -0.4 is 5.32 Å². The summed E-state index contributed by atoms with van der Waals surface area (Å²) >= 11 is 3.26. The molecule has 5 nitrogen and oxygen atoms in total. The molecule has 0 unspecified atom stereocenters. The Morgan fingerprint density at radius 2 is 2.04 bits per heavy atom. The minimum atomic E-state index is -4.49. The lowest BCUT2D eigenvalue weighted by molar-refractivity contribution is -0.141. The largest absolute Gasteiger partial charge is 0.435 e. The first-order chi connectivity index (χ1) is 10.8. The molecule has 9 heteroatoms. The Balaban J connectivity index is 2.27. The average molecular weight is 392 g/mol. The summed E-state index contributed by atoms with van der Waals surface area (Å²) in [4.78, 5) is 8.38. The van der Waals surface area contributed by atoms with Gasteiger partial charge < -0.3 is 5.32 Å². The van der Waals surface area contributed by atoms with Crippen molar-refractivity contribution in [2.24, 2.45) is 0 Å². The Labute approximate surface area is 140 Å². The third-order valence-corrected chi connectivity index (χ3v) is 3.73. The van der Waals surface area contributed by atoms with Crippen molar-refractivity contribution in [3.63, 3.8) is 0 Å². The smallest absolute Gasteiger partial charge is 0.354 e. The van der Waals surface area contributed by atoms with Gasteiger partial charge in [-0.05, 0) is 35.3 Å². The number of aryl methyl sites for hydroxylation is 1. The molecule has 0 atom stereocenters. The zero-order valence-corrected chi connectivity index (χ0v) is 14.4. The Hall–Kier alpha value is -1.64. The molecule has 1 N–H and O–H groups in total. The van der Waals surface area contributed by atoms with Crippen molar-refractivity contribution in [1.29, 1.82) is 0 Å². The maximum absolute atomic E-state index is 12.8. The standard InChI is InChI=1S/C14H17BrF3N5/c1-3-4-5-6-19-13-20-8-10(15)12(21-13)23-9(2)7-11(22-23)14(16,17)18/h7-8H,3-6H2,1-2H3,(H,19,20,21). The first kappa shape index (κ1) is 17.7. The number of nitrogens with one attached hydrogen (secondary N) is 1. The van der Waals surface area contributed by atoms with Crippen LogP contribution in [0.3, 0.4) is 0 Å². The highest BCUT2D eigenvalue weighted by molar-refractivity contribution is 9.10. The second kappa shape index (κ2) is 7.29. The third-order valence-electron chi connectivity index (χ3n) is 3.17. The van der Waals surface area contributed by atoms with Crippen molar-refractivity contribution >= 4 is 21.9 Å². The molecule has 0 aromatic carbocycles. The van der Waals surface area contributed by atoms with E-state index in [2.05, 4.69) is 43.2 Å². The third kappa shape index (κ3) is 4.43. The van der Waals surface area contributed by atoms with Gasteiger partial charge in [0.15, 0.2) is 11.5 Å². The van der Waals surface area contributed by atoms with Crippen LogP contribution in [0.1, 0.15) is 37.6 Å². The van der Waals surface area contributed by atoms with Crippen LogP contribution >= 0.6 is 15.9 Å². The molecule has 2 heterocycles. The van der Waals surface area contributed by atoms with Crippen LogP contribution in [0.25, 0.3) is 5.82 Å². The number of nitrogens with zero attached hydrogens (tertiary/aromatic N) is 4. The fourth-order valence-corrected chi connectivity index (χ4v) is 2.35. The molecule has 23 heavy (non-hydrogen) atoms. The Morgan fingerprint density at radius 1 is 1.30 bits per heavy atom. The van der Waals surface area contributed by atoms with Gasteiger partial charge >= 0.3 is 6.18 Å². The molecule has 126 valence electrons. The van der Waals surface area contributed by atoms with Gasteiger partial charge in [-0.1, -0.05) is 19.8 Å². The summed E-state index contributed by atoms with van der Waals surface area (Å²) < 4.78 is 40.0. The van der Waals surface area contributed by atoms with Gasteiger partial charge in [0, 0.05) is 18.4 Å². The van der Waals surface area contributed by atoms with Crippen molar-refractivity contribution in [2.75, 3.05) is 11.9 Å². The second-order valence-electron chi connectivity index (χ2n) is 5.08. The molecule has 2 rings (SSSR count). The summed E-state index contributed by atoms with van der Waals surface area (Å²) in [6.07, 6.45) is 0.171. The fraction of sp³-hybridized carbons (Fsp3) is 0.500. The predicted molar refractivity (Wildman–Crippen MR) is 84.6 cm³/mol. The number of anilines is 1. The number of halogens is 4. The van der Waals surface area contributed by atoms with Crippen molar-refractivity contribution in [2.45, 2.75) is 39.3 Å². The van der Waals surface area contributed by atoms with E-state index >= 15 is 0 Å². The summed E-state index contributed by atoms with van der Waals surface area (Å²) in [5.41, 5.74) is -0.605. The van der Waals surface area contributed by atoms with Crippen molar-refractivity contribution in [3.05, 3.63) is 28.1 Å². The lowest BCUT2D eigenvalue weighted by Crippen LogP contribution is -2.11. The first-order valence-corrected chi connectivity index (χ1v) is 8.03. The second-order valence-corrected chi connectivity index (χ2v) is 5.93. The molecular weight excluding hydrogens is 375 g/mol. The number of alkyl halides is 3. The molecule has 0 aliphatic carbocycles. The van der Waals surface area contributed by atoms with E-state index in [1.165, 1.54) is 6.20 Å². The lowest BCUT2D eigenvalue weighted by atomic mass is 10.2. The van der Waals surface area contributed by atoms with Crippen molar-refractivity contribution in [1.82, 2.24) is 19.7 Å². The number of aromatic nitrogens is 4. The van der Waals surface area contributed by atoms with Gasteiger partial charge in [0.1, 0.15) is 0 Å². The summed E-state index contributed by atoms with van der Waals surface area (Å²) in [5.74, 6) is 0.633. The maximum Gasteiger partial charge on any atom is 0.435 e. The minimum Gasteiger partial charge on any atom is -0.354 e. The van der Waals surface area contributed by atoms with Gasteiger partial charge in [0.05, 0.1) is 4.47 Å². The Bertz CT molecular complexity index is 669. The minimum absolute atomic E-state index is 0.269. The van der Waals surface area contributed by atoms with E-state index in [4.69, 9.17) is 0 Å². The van der Waals surface area contributed by atoms with Gasteiger partial charge in [-0.3, -0.25) is 0 Å². The molecule has 0 saturated carbocycles. The van der Waals surface area contributed by atoms with Crippen LogP contribution in [0.4, 0.5) is 19.1 Å².